The average Bonchev–Trinajstić information content (AvgIpc) is 2.95. The number of hydrogen-bond donors (Lipinski definition) is 0. The quantitative estimate of drug-likeness (QED) is 0.595. The zero-order valence-electron chi connectivity index (χ0n) is 12.1. The van der Waals surface area contributed by atoms with Gasteiger partial charge in [0.15, 0.2) is 8.29 Å². The number of hydrogen-bond acceptors (Lipinski definition) is 6. The molecule has 1 fully saturated rings. The molecule has 3 rings (SSSR count). The molecule has 9 heteroatoms. The molecule has 0 spiro atoms. The molecule has 0 radical (unpaired) electrons. The van der Waals surface area contributed by atoms with Crippen molar-refractivity contribution >= 4 is 52.8 Å². The van der Waals surface area contributed by atoms with Crippen molar-refractivity contribution in [2.24, 2.45) is 0 Å². The maximum absolute atomic E-state index is 12.1. The van der Waals surface area contributed by atoms with Crippen LogP contribution in [0.25, 0.3) is 5.69 Å². The molecule has 2 heterocycles. The number of rotatable bonds is 4. The molecule has 1 amide bonds. The first kappa shape index (κ1) is 16.9. The minimum atomic E-state index is 0.109. The van der Waals surface area contributed by atoms with Crippen LogP contribution in [-0.2, 0) is 9.53 Å². The zero-order chi connectivity index (χ0) is 16.2. The summed E-state index contributed by atoms with van der Waals surface area (Å²) in [4.78, 5) is 14.0. The van der Waals surface area contributed by atoms with Gasteiger partial charge in [-0.25, -0.2) is 4.68 Å². The number of halogens is 1. The molecule has 1 aromatic carbocycles. The van der Waals surface area contributed by atoms with Crippen molar-refractivity contribution in [3.63, 3.8) is 0 Å². The molecule has 1 aromatic heterocycles. The molecular formula is C14H14ClN3O2S3. The lowest BCUT2D eigenvalue weighted by Gasteiger charge is -2.26. The van der Waals surface area contributed by atoms with Crippen LogP contribution in [0.4, 0.5) is 0 Å². The fourth-order valence-corrected chi connectivity index (χ4v) is 4.48. The monoisotopic (exact) mass is 387 g/mol. The predicted octanol–water partition coefficient (Wildman–Crippen LogP) is 3.27. The molecule has 0 N–H and O–H groups in total. The van der Waals surface area contributed by atoms with Crippen molar-refractivity contribution in [2.45, 2.75) is 4.34 Å². The number of ether oxygens (including phenoxy) is 1. The average molecular weight is 388 g/mol. The van der Waals surface area contributed by atoms with Gasteiger partial charge in [-0.05, 0) is 36.5 Å². The number of carbonyl (C=O) groups is 1. The highest BCUT2D eigenvalue weighted by atomic mass is 35.5. The summed E-state index contributed by atoms with van der Waals surface area (Å²) in [6.07, 6.45) is 0. The lowest BCUT2D eigenvalue weighted by Crippen LogP contribution is -2.41. The molecule has 5 nitrogen and oxygen atoms in total. The topological polar surface area (TPSA) is 47.4 Å². The first-order chi connectivity index (χ1) is 11.1. The highest BCUT2D eigenvalue weighted by molar-refractivity contribution is 8.01. The molecule has 1 saturated heterocycles. The van der Waals surface area contributed by atoms with Crippen molar-refractivity contribution < 1.29 is 9.53 Å². The van der Waals surface area contributed by atoms with Gasteiger partial charge in [0, 0.05) is 18.1 Å². The molecule has 2 aromatic rings. The van der Waals surface area contributed by atoms with E-state index >= 15 is 0 Å². The van der Waals surface area contributed by atoms with Gasteiger partial charge in [0.05, 0.1) is 24.7 Å². The summed E-state index contributed by atoms with van der Waals surface area (Å²) in [5.41, 5.74) is 0.863. The van der Waals surface area contributed by atoms with E-state index in [9.17, 15) is 4.79 Å². The predicted molar refractivity (Wildman–Crippen MR) is 95.4 cm³/mol. The second-order valence-electron chi connectivity index (χ2n) is 4.80. The van der Waals surface area contributed by atoms with Crippen LogP contribution in [0.1, 0.15) is 0 Å². The fraction of sp³-hybridized carbons (Fsp3) is 0.357. The third kappa shape index (κ3) is 4.33. The SMILES string of the molecule is O=C(CSc1nn(-c2ccc(Cl)cc2)c(=S)s1)N1CCOCC1. The Hall–Kier alpha value is -0.930. The lowest BCUT2D eigenvalue weighted by atomic mass is 10.3. The zero-order valence-corrected chi connectivity index (χ0v) is 15.3. The Morgan fingerprint density at radius 1 is 1.35 bits per heavy atom. The van der Waals surface area contributed by atoms with Crippen LogP contribution < -0.4 is 0 Å². The first-order valence-corrected chi connectivity index (χ1v) is 9.57. The van der Waals surface area contributed by atoms with Gasteiger partial charge in [0.25, 0.3) is 0 Å². The Morgan fingerprint density at radius 3 is 2.74 bits per heavy atom. The first-order valence-electron chi connectivity index (χ1n) is 6.98. The van der Waals surface area contributed by atoms with Crippen LogP contribution in [0.2, 0.25) is 5.02 Å². The van der Waals surface area contributed by atoms with Crippen LogP contribution in [0.3, 0.4) is 0 Å². The number of nitrogens with zero attached hydrogens (tertiary/aromatic N) is 3. The van der Waals surface area contributed by atoms with Gasteiger partial charge < -0.3 is 9.64 Å². The number of aromatic nitrogens is 2. The summed E-state index contributed by atoms with van der Waals surface area (Å²) < 4.78 is 8.37. The standard InChI is InChI=1S/C14H14ClN3O2S3/c15-10-1-3-11(4-2-10)18-14(21)23-13(16-18)22-9-12(19)17-5-7-20-8-6-17/h1-4H,5-9H2. The van der Waals surface area contributed by atoms with E-state index in [4.69, 9.17) is 28.6 Å². The molecule has 1 aliphatic rings. The second-order valence-corrected chi connectivity index (χ2v) is 8.09. The molecule has 1 aliphatic heterocycles. The highest BCUT2D eigenvalue weighted by Crippen LogP contribution is 2.25. The Bertz CT molecular complexity index is 738. The molecule has 23 heavy (non-hydrogen) atoms. The molecular weight excluding hydrogens is 374 g/mol. The number of thioether (sulfide) groups is 1. The minimum absolute atomic E-state index is 0.109. The van der Waals surface area contributed by atoms with Gasteiger partial charge in [0.1, 0.15) is 0 Å². The molecule has 0 aliphatic carbocycles. The van der Waals surface area contributed by atoms with E-state index in [1.54, 1.807) is 16.8 Å². The summed E-state index contributed by atoms with van der Waals surface area (Å²) in [5, 5.41) is 5.15. The van der Waals surface area contributed by atoms with Gasteiger partial charge in [-0.1, -0.05) is 34.7 Å². The fourth-order valence-electron chi connectivity index (χ4n) is 2.09. The molecule has 0 bridgehead atoms. The third-order valence-electron chi connectivity index (χ3n) is 3.28. The van der Waals surface area contributed by atoms with Gasteiger partial charge in [0.2, 0.25) is 5.91 Å². The van der Waals surface area contributed by atoms with Crippen LogP contribution in [0.5, 0.6) is 0 Å². The molecule has 0 saturated carbocycles. The van der Waals surface area contributed by atoms with Crippen molar-refractivity contribution in [1.29, 1.82) is 0 Å². The molecule has 0 unspecified atom stereocenters. The van der Waals surface area contributed by atoms with Crippen LogP contribution >= 0.6 is 46.9 Å². The largest absolute Gasteiger partial charge is 0.378 e. The third-order valence-corrected chi connectivity index (χ3v) is 5.89. The summed E-state index contributed by atoms with van der Waals surface area (Å²) in [6.45, 7) is 2.55. The summed E-state index contributed by atoms with van der Waals surface area (Å²) >= 11 is 14.1. The van der Waals surface area contributed by atoms with Gasteiger partial charge in [-0.2, -0.15) is 0 Å². The van der Waals surface area contributed by atoms with Crippen LogP contribution in [-0.4, -0.2) is 52.6 Å². The maximum Gasteiger partial charge on any atom is 0.233 e. The van der Waals surface area contributed by atoms with Crippen molar-refractivity contribution in [1.82, 2.24) is 14.7 Å². The van der Waals surface area contributed by atoms with Gasteiger partial charge in [-0.3, -0.25) is 4.79 Å². The Morgan fingerprint density at radius 2 is 2.04 bits per heavy atom. The molecule has 122 valence electrons. The smallest absolute Gasteiger partial charge is 0.233 e. The van der Waals surface area contributed by atoms with Gasteiger partial charge in [-0.15, -0.1) is 5.10 Å². The van der Waals surface area contributed by atoms with E-state index in [1.165, 1.54) is 23.1 Å². The van der Waals surface area contributed by atoms with E-state index in [0.29, 0.717) is 41.0 Å². The summed E-state index contributed by atoms with van der Waals surface area (Å²) in [6, 6.07) is 7.33. The van der Waals surface area contributed by atoms with E-state index in [0.717, 1.165) is 10.0 Å². The number of carbonyl (C=O) groups excluding carboxylic acids is 1. The normalized spacial score (nSPS) is 14.9. The van der Waals surface area contributed by atoms with Crippen molar-refractivity contribution in [3.8, 4) is 5.69 Å². The van der Waals surface area contributed by atoms with E-state index in [-0.39, 0.29) is 5.91 Å². The Labute approximate surface area is 152 Å². The highest BCUT2D eigenvalue weighted by Gasteiger charge is 2.17. The lowest BCUT2D eigenvalue weighted by molar-refractivity contribution is -0.132. The van der Waals surface area contributed by atoms with E-state index < -0.39 is 0 Å². The van der Waals surface area contributed by atoms with Crippen LogP contribution in [0, 0.1) is 3.95 Å². The number of benzene rings is 1. The maximum atomic E-state index is 12.1. The van der Waals surface area contributed by atoms with Gasteiger partial charge >= 0.3 is 0 Å². The van der Waals surface area contributed by atoms with E-state index in [2.05, 4.69) is 5.10 Å². The number of amides is 1. The minimum Gasteiger partial charge on any atom is -0.378 e. The van der Waals surface area contributed by atoms with Crippen molar-refractivity contribution in [3.05, 3.63) is 33.2 Å². The number of morpholine rings is 1. The molecule has 0 atom stereocenters. The Balaban J connectivity index is 1.65. The van der Waals surface area contributed by atoms with E-state index in [1.807, 2.05) is 17.0 Å². The van der Waals surface area contributed by atoms with Crippen LogP contribution in [0.15, 0.2) is 28.6 Å². The summed E-state index contributed by atoms with van der Waals surface area (Å²) in [7, 11) is 0. The van der Waals surface area contributed by atoms with Crippen molar-refractivity contribution in [2.75, 3.05) is 32.1 Å². The summed E-state index contributed by atoms with van der Waals surface area (Å²) in [5.74, 6) is 0.473. The Kier molecular flexibility index (Phi) is 5.71. The second kappa shape index (κ2) is 7.76.